The van der Waals surface area contributed by atoms with Crippen molar-refractivity contribution in [2.45, 2.75) is 62.8 Å². The van der Waals surface area contributed by atoms with E-state index in [1.165, 1.54) is 4.31 Å². The molecule has 2 aliphatic rings. The van der Waals surface area contributed by atoms with Crippen molar-refractivity contribution in [3.8, 4) is 0 Å². The Kier molecular flexibility index (Phi) is 6.32. The van der Waals surface area contributed by atoms with Gasteiger partial charge in [-0.15, -0.1) is 0 Å². The molecular formula is C20H28N2O4S. The first-order valence-electron chi connectivity index (χ1n) is 9.79. The number of sulfonamides is 1. The van der Waals surface area contributed by atoms with Crippen molar-refractivity contribution in [1.82, 2.24) is 9.62 Å². The summed E-state index contributed by atoms with van der Waals surface area (Å²) in [6, 6.07) is 6.69. The van der Waals surface area contributed by atoms with Gasteiger partial charge in [-0.1, -0.05) is 37.0 Å². The van der Waals surface area contributed by atoms with E-state index in [2.05, 4.69) is 5.32 Å². The van der Waals surface area contributed by atoms with E-state index in [0.717, 1.165) is 37.7 Å². The van der Waals surface area contributed by atoms with Gasteiger partial charge in [0.05, 0.1) is 4.90 Å². The van der Waals surface area contributed by atoms with Crippen LogP contribution in [-0.4, -0.2) is 43.5 Å². The van der Waals surface area contributed by atoms with Gasteiger partial charge in [0.1, 0.15) is 0 Å². The van der Waals surface area contributed by atoms with Gasteiger partial charge in [0.15, 0.2) is 0 Å². The number of carbonyl (C=O) groups is 2. The van der Waals surface area contributed by atoms with E-state index in [4.69, 9.17) is 0 Å². The van der Waals surface area contributed by atoms with Crippen LogP contribution in [0.15, 0.2) is 29.2 Å². The summed E-state index contributed by atoms with van der Waals surface area (Å²) in [7, 11) is -3.51. The first-order chi connectivity index (χ1) is 12.9. The summed E-state index contributed by atoms with van der Waals surface area (Å²) in [5, 5.41) is 2.83. The van der Waals surface area contributed by atoms with E-state index in [1.54, 1.807) is 24.3 Å². The zero-order valence-corrected chi connectivity index (χ0v) is 16.6. The van der Waals surface area contributed by atoms with Crippen LogP contribution in [0.4, 0.5) is 0 Å². The topological polar surface area (TPSA) is 83.6 Å². The highest BCUT2D eigenvalue weighted by molar-refractivity contribution is 7.89. The quantitative estimate of drug-likeness (QED) is 0.780. The molecule has 1 aliphatic heterocycles. The predicted octanol–water partition coefficient (Wildman–Crippen LogP) is 2.41. The van der Waals surface area contributed by atoms with E-state index < -0.39 is 15.9 Å². The molecule has 1 amide bonds. The van der Waals surface area contributed by atoms with Gasteiger partial charge in [-0.05, 0) is 44.7 Å². The molecule has 0 spiro atoms. The number of nitrogens with one attached hydrogen (secondary N) is 1. The van der Waals surface area contributed by atoms with E-state index in [9.17, 15) is 18.0 Å². The first-order valence-corrected chi connectivity index (χ1v) is 11.2. The molecule has 1 N–H and O–H groups in total. The SMILES string of the molecule is Cc1ccc(S(=O)(=O)N2CCC(NC(=O)C(=O)C3CCCCC3)CC2)cc1. The predicted molar refractivity (Wildman–Crippen MR) is 103 cm³/mol. The van der Waals surface area contributed by atoms with Crippen LogP contribution in [0.3, 0.4) is 0 Å². The molecule has 1 heterocycles. The summed E-state index contributed by atoms with van der Waals surface area (Å²) in [6.45, 7) is 2.61. The molecule has 1 aliphatic carbocycles. The average Bonchev–Trinajstić information content (AvgIpc) is 2.69. The van der Waals surface area contributed by atoms with Crippen LogP contribution in [0.5, 0.6) is 0 Å². The smallest absolute Gasteiger partial charge is 0.287 e. The lowest BCUT2D eigenvalue weighted by molar-refractivity contribution is -0.141. The molecular weight excluding hydrogens is 364 g/mol. The summed E-state index contributed by atoms with van der Waals surface area (Å²) in [6.07, 6.45) is 5.82. The molecule has 0 aromatic heterocycles. The summed E-state index contributed by atoms with van der Waals surface area (Å²) in [4.78, 5) is 24.8. The van der Waals surface area contributed by atoms with Crippen LogP contribution in [0.2, 0.25) is 0 Å². The highest BCUT2D eigenvalue weighted by Gasteiger charge is 2.32. The lowest BCUT2D eigenvalue weighted by Crippen LogP contribution is -2.48. The zero-order valence-electron chi connectivity index (χ0n) is 15.8. The zero-order chi connectivity index (χ0) is 19.4. The van der Waals surface area contributed by atoms with Gasteiger partial charge in [-0.25, -0.2) is 8.42 Å². The molecule has 0 atom stereocenters. The Hall–Kier alpha value is -1.73. The van der Waals surface area contributed by atoms with E-state index in [-0.39, 0.29) is 17.7 Å². The highest BCUT2D eigenvalue weighted by atomic mass is 32.2. The normalized spacial score (nSPS) is 20.3. The Morgan fingerprint density at radius 3 is 2.15 bits per heavy atom. The molecule has 0 unspecified atom stereocenters. The molecule has 1 aromatic rings. The van der Waals surface area contributed by atoms with Crippen molar-refractivity contribution in [2.24, 2.45) is 5.92 Å². The van der Waals surface area contributed by atoms with Gasteiger partial charge in [0.25, 0.3) is 5.91 Å². The summed E-state index contributed by atoms with van der Waals surface area (Å²) in [5.74, 6) is -0.938. The molecule has 0 radical (unpaired) electrons. The number of Topliss-reactive ketones (excluding diaryl/α,β-unsaturated/α-hetero) is 1. The minimum absolute atomic E-state index is 0.138. The monoisotopic (exact) mass is 392 g/mol. The highest BCUT2D eigenvalue weighted by Crippen LogP contribution is 2.25. The third-order valence-corrected chi connectivity index (χ3v) is 7.56. The fourth-order valence-electron chi connectivity index (χ4n) is 3.91. The number of hydrogen-bond donors (Lipinski definition) is 1. The van der Waals surface area contributed by atoms with Gasteiger partial charge >= 0.3 is 0 Å². The number of amides is 1. The number of ketones is 1. The molecule has 3 rings (SSSR count). The second kappa shape index (κ2) is 8.52. The minimum atomic E-state index is -3.51. The Morgan fingerprint density at radius 1 is 0.963 bits per heavy atom. The van der Waals surface area contributed by atoms with Crippen LogP contribution in [0, 0.1) is 12.8 Å². The molecule has 0 bridgehead atoms. The van der Waals surface area contributed by atoms with Gasteiger partial charge in [0.2, 0.25) is 15.8 Å². The standard InChI is InChI=1S/C20H28N2O4S/c1-15-7-9-18(10-8-15)27(25,26)22-13-11-17(12-14-22)21-20(24)19(23)16-5-3-2-4-6-16/h7-10,16-17H,2-6,11-14H2,1H3,(H,21,24). The maximum Gasteiger partial charge on any atom is 0.287 e. The molecule has 148 valence electrons. The van der Waals surface area contributed by atoms with Crippen LogP contribution >= 0.6 is 0 Å². The van der Waals surface area contributed by atoms with Crippen molar-refractivity contribution in [3.63, 3.8) is 0 Å². The third-order valence-electron chi connectivity index (χ3n) is 5.65. The number of carbonyl (C=O) groups excluding carboxylic acids is 2. The number of aryl methyl sites for hydroxylation is 1. The number of rotatable bonds is 5. The molecule has 1 saturated heterocycles. The fourth-order valence-corrected chi connectivity index (χ4v) is 5.38. The summed E-state index contributed by atoms with van der Waals surface area (Å²) in [5.41, 5.74) is 1.01. The lowest BCUT2D eigenvalue weighted by atomic mass is 9.86. The Bertz CT molecular complexity index is 775. The lowest BCUT2D eigenvalue weighted by Gasteiger charge is -2.31. The van der Waals surface area contributed by atoms with Gasteiger partial charge in [-0.2, -0.15) is 4.31 Å². The second-order valence-corrected chi connectivity index (χ2v) is 9.60. The second-order valence-electron chi connectivity index (χ2n) is 7.66. The van der Waals surface area contributed by atoms with Crippen molar-refractivity contribution in [3.05, 3.63) is 29.8 Å². The third kappa shape index (κ3) is 4.76. The number of nitrogens with zero attached hydrogens (tertiary/aromatic N) is 1. The Balaban J connectivity index is 1.53. The van der Waals surface area contributed by atoms with Crippen LogP contribution in [0.25, 0.3) is 0 Å². The van der Waals surface area contributed by atoms with Crippen molar-refractivity contribution in [2.75, 3.05) is 13.1 Å². The molecule has 27 heavy (non-hydrogen) atoms. The van der Waals surface area contributed by atoms with Gasteiger partial charge < -0.3 is 5.32 Å². The number of benzene rings is 1. The summed E-state index contributed by atoms with van der Waals surface area (Å²) < 4.78 is 26.9. The van der Waals surface area contributed by atoms with E-state index in [1.807, 2.05) is 6.92 Å². The van der Waals surface area contributed by atoms with Gasteiger partial charge in [0, 0.05) is 25.0 Å². The first kappa shape index (κ1) is 20.0. The van der Waals surface area contributed by atoms with Gasteiger partial charge in [-0.3, -0.25) is 9.59 Å². The van der Waals surface area contributed by atoms with Crippen LogP contribution in [-0.2, 0) is 19.6 Å². The maximum absolute atomic E-state index is 12.7. The molecule has 7 heteroatoms. The largest absolute Gasteiger partial charge is 0.347 e. The van der Waals surface area contributed by atoms with Crippen LogP contribution in [0.1, 0.15) is 50.5 Å². The maximum atomic E-state index is 12.7. The molecule has 2 fully saturated rings. The minimum Gasteiger partial charge on any atom is -0.347 e. The Morgan fingerprint density at radius 2 is 1.56 bits per heavy atom. The van der Waals surface area contributed by atoms with E-state index in [0.29, 0.717) is 30.8 Å². The molecule has 1 saturated carbocycles. The molecule has 1 aromatic carbocycles. The average molecular weight is 393 g/mol. The van der Waals surface area contributed by atoms with Crippen molar-refractivity contribution < 1.29 is 18.0 Å². The van der Waals surface area contributed by atoms with Crippen molar-refractivity contribution >= 4 is 21.7 Å². The summed E-state index contributed by atoms with van der Waals surface area (Å²) >= 11 is 0. The Labute approximate surface area is 161 Å². The fraction of sp³-hybridized carbons (Fsp3) is 0.600. The van der Waals surface area contributed by atoms with Crippen molar-refractivity contribution in [1.29, 1.82) is 0 Å². The van der Waals surface area contributed by atoms with E-state index >= 15 is 0 Å². The molecule has 6 nitrogen and oxygen atoms in total. The number of piperidine rings is 1. The van der Waals surface area contributed by atoms with Crippen LogP contribution < -0.4 is 5.32 Å². The number of hydrogen-bond acceptors (Lipinski definition) is 4.